The van der Waals surface area contributed by atoms with Crippen molar-refractivity contribution in [2.45, 2.75) is 18.9 Å². The molecule has 2 heterocycles. The Morgan fingerprint density at radius 3 is 2.23 bits per heavy atom. The van der Waals surface area contributed by atoms with Crippen LogP contribution in [0.4, 0.5) is 5.69 Å². The number of rotatable bonds is 5. The number of nitrogens with one attached hydrogen (secondary N) is 2. The molecule has 4 rings (SSSR count). The highest BCUT2D eigenvalue weighted by atomic mass is 32.2. The maximum atomic E-state index is 13.0. The Hall–Kier alpha value is -3.24. The number of piperidine rings is 1. The van der Waals surface area contributed by atoms with Gasteiger partial charge in [0, 0.05) is 6.42 Å². The molecule has 2 aliphatic rings. The van der Waals surface area contributed by atoms with Crippen LogP contribution in [0.25, 0.3) is 0 Å². The molecule has 2 aliphatic heterocycles. The number of hydrogen-bond donors (Lipinski definition) is 2. The third-order valence-electron chi connectivity index (χ3n) is 5.03. The summed E-state index contributed by atoms with van der Waals surface area (Å²) in [5.74, 6) is -1.96. The Kier molecular flexibility index (Phi) is 6.01. The number of hydrazine groups is 1. The smallest absolute Gasteiger partial charge is 0.262 e. The summed E-state index contributed by atoms with van der Waals surface area (Å²) in [6, 6.07) is 14.8. The van der Waals surface area contributed by atoms with E-state index in [4.69, 9.17) is 12.2 Å². The van der Waals surface area contributed by atoms with Gasteiger partial charge in [-0.2, -0.15) is 0 Å². The second kappa shape index (κ2) is 8.86. The summed E-state index contributed by atoms with van der Waals surface area (Å²) >= 11 is 6.34. The zero-order valence-electron chi connectivity index (χ0n) is 16.2. The lowest BCUT2D eigenvalue weighted by molar-refractivity contribution is -0.150. The van der Waals surface area contributed by atoms with Crippen molar-refractivity contribution >= 4 is 57.6 Å². The average Bonchev–Trinajstić information content (AvgIpc) is 3.03. The van der Waals surface area contributed by atoms with Crippen molar-refractivity contribution < 1.29 is 19.2 Å². The molecule has 1 fully saturated rings. The number of carbonyl (C=O) groups excluding carboxylic acids is 4. The van der Waals surface area contributed by atoms with Crippen molar-refractivity contribution in [3.63, 3.8) is 0 Å². The summed E-state index contributed by atoms with van der Waals surface area (Å²) in [7, 11) is 0. The van der Waals surface area contributed by atoms with Crippen molar-refractivity contribution in [2.75, 3.05) is 11.3 Å². The maximum Gasteiger partial charge on any atom is 0.262 e. The topological polar surface area (TPSA) is 98.8 Å². The molecule has 31 heavy (non-hydrogen) atoms. The number of hydrogen-bond acceptors (Lipinski definition) is 7. The number of imide groups is 2. The number of nitrogens with zero attached hydrogens (tertiary/aromatic N) is 2. The third kappa shape index (κ3) is 4.17. The molecular weight excluding hydrogens is 436 g/mol. The SMILES string of the molecule is O=C1CCC(N2C(=O)c3ccccc3C2=O)C(=O)N1CSC(=S)NNc1ccccc1. The number of benzene rings is 2. The third-order valence-corrected chi connectivity index (χ3v) is 6.24. The second-order valence-corrected chi connectivity index (χ2v) is 8.54. The average molecular weight is 455 g/mol. The maximum absolute atomic E-state index is 13.0. The van der Waals surface area contributed by atoms with Gasteiger partial charge >= 0.3 is 0 Å². The van der Waals surface area contributed by atoms with Gasteiger partial charge in [0.25, 0.3) is 17.7 Å². The summed E-state index contributed by atoms with van der Waals surface area (Å²) < 4.78 is 0.340. The van der Waals surface area contributed by atoms with Gasteiger partial charge in [0.15, 0.2) is 4.32 Å². The highest BCUT2D eigenvalue weighted by Crippen LogP contribution is 2.29. The van der Waals surface area contributed by atoms with Crippen LogP contribution in [0.5, 0.6) is 0 Å². The fourth-order valence-corrected chi connectivity index (χ4v) is 4.34. The lowest BCUT2D eigenvalue weighted by Gasteiger charge is -2.34. The van der Waals surface area contributed by atoms with E-state index in [1.807, 2.05) is 30.3 Å². The van der Waals surface area contributed by atoms with E-state index in [0.717, 1.165) is 27.2 Å². The minimum absolute atomic E-state index is 0.0142. The molecule has 0 bridgehead atoms. The van der Waals surface area contributed by atoms with Crippen LogP contribution >= 0.6 is 24.0 Å². The first-order valence-electron chi connectivity index (χ1n) is 9.52. The molecular formula is C21H18N4O4S2. The van der Waals surface area contributed by atoms with Crippen molar-refractivity contribution in [2.24, 2.45) is 0 Å². The molecule has 158 valence electrons. The van der Waals surface area contributed by atoms with E-state index in [0.29, 0.717) is 4.32 Å². The van der Waals surface area contributed by atoms with E-state index in [2.05, 4.69) is 10.9 Å². The molecule has 2 aromatic rings. The second-order valence-electron chi connectivity index (χ2n) is 6.92. The molecule has 10 heteroatoms. The highest BCUT2D eigenvalue weighted by Gasteiger charge is 2.46. The van der Waals surface area contributed by atoms with Crippen LogP contribution in [-0.4, -0.2) is 49.7 Å². The van der Waals surface area contributed by atoms with Gasteiger partial charge < -0.3 is 0 Å². The van der Waals surface area contributed by atoms with E-state index in [1.54, 1.807) is 24.3 Å². The molecule has 1 unspecified atom stereocenters. The van der Waals surface area contributed by atoms with Gasteiger partial charge in [-0.05, 0) is 30.7 Å². The normalized spacial score (nSPS) is 18.3. The minimum atomic E-state index is -1.00. The first-order valence-corrected chi connectivity index (χ1v) is 10.9. The molecule has 0 saturated carbocycles. The van der Waals surface area contributed by atoms with E-state index >= 15 is 0 Å². The molecule has 2 aromatic carbocycles. The number of carbonyl (C=O) groups is 4. The van der Waals surface area contributed by atoms with Crippen LogP contribution in [0.1, 0.15) is 33.6 Å². The Balaban J connectivity index is 1.40. The molecule has 4 amide bonds. The van der Waals surface area contributed by atoms with Crippen LogP contribution in [0.2, 0.25) is 0 Å². The van der Waals surface area contributed by atoms with E-state index < -0.39 is 23.8 Å². The zero-order chi connectivity index (χ0) is 22.0. The van der Waals surface area contributed by atoms with Crippen molar-refractivity contribution in [3.05, 3.63) is 65.7 Å². The van der Waals surface area contributed by atoms with Gasteiger partial charge in [-0.3, -0.25) is 39.8 Å². The Morgan fingerprint density at radius 1 is 0.968 bits per heavy atom. The van der Waals surface area contributed by atoms with Crippen LogP contribution in [0.15, 0.2) is 54.6 Å². The highest BCUT2D eigenvalue weighted by molar-refractivity contribution is 8.22. The van der Waals surface area contributed by atoms with Gasteiger partial charge in [0.05, 0.1) is 22.7 Å². The van der Waals surface area contributed by atoms with E-state index in [1.165, 1.54) is 0 Å². The minimum Gasteiger partial charge on any atom is -0.300 e. The van der Waals surface area contributed by atoms with Gasteiger partial charge in [0.1, 0.15) is 6.04 Å². The van der Waals surface area contributed by atoms with Crippen LogP contribution in [0, 0.1) is 0 Å². The largest absolute Gasteiger partial charge is 0.300 e. The number of fused-ring (bicyclic) bond motifs is 1. The molecule has 1 saturated heterocycles. The van der Waals surface area contributed by atoms with Crippen molar-refractivity contribution in [1.29, 1.82) is 0 Å². The molecule has 2 N–H and O–H groups in total. The summed E-state index contributed by atoms with van der Waals surface area (Å²) in [5, 5.41) is 0. The fraction of sp³-hybridized carbons (Fsp3) is 0.190. The van der Waals surface area contributed by atoms with Gasteiger partial charge in [0.2, 0.25) is 5.91 Å². The Labute approximate surface area is 187 Å². The molecule has 0 spiro atoms. The quantitative estimate of drug-likeness (QED) is 0.404. The van der Waals surface area contributed by atoms with Crippen LogP contribution < -0.4 is 10.9 Å². The van der Waals surface area contributed by atoms with Gasteiger partial charge in [-0.1, -0.05) is 54.3 Å². The van der Waals surface area contributed by atoms with Crippen LogP contribution in [0.3, 0.4) is 0 Å². The Bertz CT molecular complexity index is 1040. The predicted octanol–water partition coefficient (Wildman–Crippen LogP) is 2.39. The van der Waals surface area contributed by atoms with Gasteiger partial charge in [-0.15, -0.1) is 0 Å². The van der Waals surface area contributed by atoms with Crippen molar-refractivity contribution in [3.8, 4) is 0 Å². The summed E-state index contributed by atoms with van der Waals surface area (Å²) in [4.78, 5) is 52.9. The summed E-state index contributed by atoms with van der Waals surface area (Å²) in [6.45, 7) is 0. The number of amides is 4. The fourth-order valence-electron chi connectivity index (χ4n) is 3.49. The Morgan fingerprint density at radius 2 is 1.58 bits per heavy atom. The molecule has 0 aromatic heterocycles. The zero-order valence-corrected chi connectivity index (χ0v) is 17.9. The molecule has 8 nitrogen and oxygen atoms in total. The predicted molar refractivity (Wildman–Crippen MR) is 120 cm³/mol. The van der Waals surface area contributed by atoms with E-state index in [9.17, 15) is 19.2 Å². The molecule has 0 radical (unpaired) electrons. The molecule has 0 aliphatic carbocycles. The summed E-state index contributed by atoms with van der Waals surface area (Å²) in [6.07, 6.45) is 0.176. The lowest BCUT2D eigenvalue weighted by Crippen LogP contribution is -2.56. The number of thiocarbonyl (C=S) groups is 1. The summed E-state index contributed by atoms with van der Waals surface area (Å²) in [5.41, 5.74) is 7.12. The monoisotopic (exact) mass is 454 g/mol. The number of anilines is 1. The van der Waals surface area contributed by atoms with E-state index in [-0.39, 0.29) is 35.8 Å². The van der Waals surface area contributed by atoms with Crippen LogP contribution in [-0.2, 0) is 9.59 Å². The first-order chi connectivity index (χ1) is 15.0. The number of likely N-dealkylation sites (tertiary alicyclic amines) is 1. The molecule has 1 atom stereocenters. The van der Waals surface area contributed by atoms with Crippen molar-refractivity contribution in [1.82, 2.24) is 15.2 Å². The number of thioether (sulfide) groups is 1. The first kappa shape index (κ1) is 21.0. The van der Waals surface area contributed by atoms with Gasteiger partial charge in [-0.25, -0.2) is 0 Å². The lowest BCUT2D eigenvalue weighted by atomic mass is 10.0. The standard InChI is InChI=1S/C21H18N4O4S2/c26-17-11-10-16(25-18(27)14-8-4-5-9-15(14)19(25)28)20(29)24(17)12-31-21(30)23-22-13-6-2-1-3-7-13/h1-9,16,22H,10-12H2,(H,23,30). The number of para-hydroxylation sites is 1.